The normalized spacial score (nSPS) is 12.6. The van der Waals surface area contributed by atoms with E-state index in [0.717, 1.165) is 64.2 Å². The summed E-state index contributed by atoms with van der Waals surface area (Å²) in [6.45, 7) is 6.53. The Kier molecular flexibility index (Phi) is 48.9. The maximum absolute atomic E-state index is 12.8. The van der Waals surface area contributed by atoms with Crippen LogP contribution in [-0.2, 0) is 28.6 Å². The molecule has 0 fully saturated rings. The van der Waals surface area contributed by atoms with Gasteiger partial charge in [-0.2, -0.15) is 0 Å². The van der Waals surface area contributed by atoms with Gasteiger partial charge in [0, 0.05) is 19.3 Å². The molecule has 0 aromatic heterocycles. The summed E-state index contributed by atoms with van der Waals surface area (Å²) in [5.74, 6) is -0.987. The average Bonchev–Trinajstić information content (AvgIpc) is 3.28. The van der Waals surface area contributed by atoms with E-state index in [1.54, 1.807) is 0 Å². The van der Waals surface area contributed by atoms with Gasteiger partial charge in [-0.1, -0.05) is 222 Å². The van der Waals surface area contributed by atoms with Crippen LogP contribution in [0.25, 0.3) is 0 Å². The zero-order valence-corrected chi connectivity index (χ0v) is 41.3. The fraction of sp³-hybridized carbons (Fsp3) is 0.737. The van der Waals surface area contributed by atoms with Gasteiger partial charge in [-0.15, -0.1) is 0 Å². The first-order valence-electron chi connectivity index (χ1n) is 26.4. The molecular formula is C57H98O6. The Bertz CT molecular complexity index is 1190. The molecule has 63 heavy (non-hydrogen) atoms. The number of ether oxygens (including phenoxy) is 3. The maximum atomic E-state index is 12.8. The molecule has 0 unspecified atom stereocenters. The number of carbonyl (C=O) groups excluding carboxylic acids is 3. The number of unbranched alkanes of at least 4 members (excludes halogenated alkanes) is 24. The molecule has 0 bridgehead atoms. The smallest absolute Gasteiger partial charge is 0.306 e. The molecule has 0 amide bonds. The molecular weight excluding hydrogens is 781 g/mol. The molecule has 0 spiro atoms. The molecule has 1 atom stereocenters. The summed E-state index contributed by atoms with van der Waals surface area (Å²) in [4.78, 5) is 37.9. The van der Waals surface area contributed by atoms with E-state index in [1.165, 1.54) is 141 Å². The van der Waals surface area contributed by atoms with Crippen LogP contribution in [0.5, 0.6) is 0 Å². The van der Waals surface area contributed by atoms with E-state index in [0.29, 0.717) is 19.3 Å². The number of hydrogen-bond acceptors (Lipinski definition) is 6. The summed E-state index contributed by atoms with van der Waals surface area (Å²) in [6.07, 6.45) is 64.6. The van der Waals surface area contributed by atoms with Crippen molar-refractivity contribution in [2.24, 2.45) is 0 Å². The average molecular weight is 879 g/mol. The molecule has 0 aliphatic rings. The minimum Gasteiger partial charge on any atom is -0.462 e. The number of allylic oxidation sites excluding steroid dienone is 12. The van der Waals surface area contributed by atoms with Gasteiger partial charge in [0.2, 0.25) is 0 Å². The highest BCUT2D eigenvalue weighted by atomic mass is 16.6. The van der Waals surface area contributed by atoms with Crippen molar-refractivity contribution in [3.05, 3.63) is 72.9 Å². The topological polar surface area (TPSA) is 78.9 Å². The summed E-state index contributed by atoms with van der Waals surface area (Å²) in [5.41, 5.74) is 0. The molecule has 0 saturated heterocycles. The summed E-state index contributed by atoms with van der Waals surface area (Å²) in [5, 5.41) is 0. The molecule has 0 radical (unpaired) electrons. The van der Waals surface area contributed by atoms with E-state index >= 15 is 0 Å². The minimum absolute atomic E-state index is 0.0983. The van der Waals surface area contributed by atoms with Crippen molar-refractivity contribution < 1.29 is 28.6 Å². The molecule has 0 saturated carbocycles. The second-order valence-electron chi connectivity index (χ2n) is 17.4. The van der Waals surface area contributed by atoms with Crippen molar-refractivity contribution >= 4 is 17.9 Å². The Morgan fingerprint density at radius 1 is 0.317 bits per heavy atom. The lowest BCUT2D eigenvalue weighted by atomic mass is 10.1. The van der Waals surface area contributed by atoms with Crippen LogP contribution >= 0.6 is 0 Å². The Labute approximate surface area is 389 Å². The number of hydrogen-bond donors (Lipinski definition) is 0. The Hall–Kier alpha value is -3.15. The fourth-order valence-corrected chi connectivity index (χ4v) is 7.18. The molecule has 0 aromatic carbocycles. The molecule has 0 aromatic rings. The third-order valence-corrected chi connectivity index (χ3v) is 11.2. The number of esters is 3. The predicted molar refractivity (Wildman–Crippen MR) is 270 cm³/mol. The lowest BCUT2D eigenvalue weighted by Crippen LogP contribution is -2.30. The fourth-order valence-electron chi connectivity index (χ4n) is 7.18. The van der Waals surface area contributed by atoms with Crippen LogP contribution in [0.3, 0.4) is 0 Å². The van der Waals surface area contributed by atoms with Crippen molar-refractivity contribution in [1.82, 2.24) is 0 Å². The standard InChI is InChI=1S/C57H98O6/c1-4-7-10-13-16-19-22-24-26-27-28-29-31-32-35-38-41-44-47-50-56(59)62-53-54(52-61-55(58)49-46-43-40-37-34-21-18-15-12-9-6-3)63-57(60)51-48-45-42-39-36-33-30-25-23-20-17-14-11-8-5-2/h16,19-20,23-24,26,28-29,32,35,41,44,54H,4-15,17-18,21-22,25,27,30-31,33-34,36-40,42-43,45-53H2,1-3H3/b19-16-,23-20-,26-24-,29-28-,35-32-,44-41-/t54-/m0/s1. The molecule has 0 heterocycles. The van der Waals surface area contributed by atoms with Gasteiger partial charge in [-0.05, 0) is 83.5 Å². The van der Waals surface area contributed by atoms with E-state index in [4.69, 9.17) is 14.2 Å². The van der Waals surface area contributed by atoms with E-state index in [2.05, 4.69) is 87.6 Å². The lowest BCUT2D eigenvalue weighted by Gasteiger charge is -2.18. The molecule has 0 N–H and O–H groups in total. The van der Waals surface area contributed by atoms with Crippen LogP contribution in [0.1, 0.15) is 252 Å². The van der Waals surface area contributed by atoms with Crippen molar-refractivity contribution in [2.75, 3.05) is 13.2 Å². The van der Waals surface area contributed by atoms with Crippen LogP contribution < -0.4 is 0 Å². The highest BCUT2D eigenvalue weighted by molar-refractivity contribution is 5.71. The zero-order valence-electron chi connectivity index (χ0n) is 41.3. The van der Waals surface area contributed by atoms with Gasteiger partial charge in [0.15, 0.2) is 6.10 Å². The molecule has 0 aliphatic heterocycles. The lowest BCUT2D eigenvalue weighted by molar-refractivity contribution is -0.166. The first-order valence-corrected chi connectivity index (χ1v) is 26.4. The summed E-state index contributed by atoms with van der Waals surface area (Å²) in [6, 6.07) is 0. The van der Waals surface area contributed by atoms with Gasteiger partial charge in [0.25, 0.3) is 0 Å². The zero-order chi connectivity index (χ0) is 45.8. The third-order valence-electron chi connectivity index (χ3n) is 11.2. The third kappa shape index (κ3) is 49.7. The first kappa shape index (κ1) is 59.9. The minimum atomic E-state index is -0.805. The van der Waals surface area contributed by atoms with Gasteiger partial charge in [-0.25, -0.2) is 0 Å². The SMILES string of the molecule is CCCCC/C=C\C/C=C\C/C=C\C/C=C\C/C=C\CCC(=O)OC[C@H](COC(=O)CCCCCCCCCCCCC)OC(=O)CCCCCCCCC/C=C\CCCCCC. The summed E-state index contributed by atoms with van der Waals surface area (Å²) in [7, 11) is 0. The Morgan fingerprint density at radius 3 is 1.05 bits per heavy atom. The van der Waals surface area contributed by atoms with Gasteiger partial charge in [-0.3, -0.25) is 14.4 Å². The highest BCUT2D eigenvalue weighted by Crippen LogP contribution is 2.14. The summed E-state index contributed by atoms with van der Waals surface area (Å²) < 4.78 is 16.7. The van der Waals surface area contributed by atoms with Gasteiger partial charge in [0.1, 0.15) is 13.2 Å². The summed E-state index contributed by atoms with van der Waals surface area (Å²) >= 11 is 0. The number of carbonyl (C=O) groups is 3. The monoisotopic (exact) mass is 879 g/mol. The van der Waals surface area contributed by atoms with E-state index in [9.17, 15) is 14.4 Å². The van der Waals surface area contributed by atoms with Gasteiger partial charge < -0.3 is 14.2 Å². The second kappa shape index (κ2) is 51.5. The van der Waals surface area contributed by atoms with E-state index in [1.807, 2.05) is 6.08 Å². The van der Waals surface area contributed by atoms with Crippen molar-refractivity contribution in [2.45, 2.75) is 258 Å². The van der Waals surface area contributed by atoms with Crippen molar-refractivity contribution in [1.29, 1.82) is 0 Å². The quantitative estimate of drug-likeness (QED) is 0.0262. The van der Waals surface area contributed by atoms with Crippen molar-refractivity contribution in [3.63, 3.8) is 0 Å². The van der Waals surface area contributed by atoms with E-state index in [-0.39, 0.29) is 37.5 Å². The molecule has 0 aliphatic carbocycles. The van der Waals surface area contributed by atoms with Crippen LogP contribution in [0.15, 0.2) is 72.9 Å². The largest absolute Gasteiger partial charge is 0.462 e. The molecule has 0 rings (SSSR count). The van der Waals surface area contributed by atoms with Crippen LogP contribution in [0, 0.1) is 0 Å². The predicted octanol–water partition coefficient (Wildman–Crippen LogP) is 17.4. The number of rotatable bonds is 47. The molecule has 362 valence electrons. The van der Waals surface area contributed by atoms with Crippen LogP contribution in [0.2, 0.25) is 0 Å². The maximum Gasteiger partial charge on any atom is 0.306 e. The molecule has 6 heteroatoms. The van der Waals surface area contributed by atoms with Crippen LogP contribution in [0.4, 0.5) is 0 Å². The van der Waals surface area contributed by atoms with Crippen LogP contribution in [-0.4, -0.2) is 37.2 Å². The van der Waals surface area contributed by atoms with E-state index < -0.39 is 6.10 Å². The molecule has 6 nitrogen and oxygen atoms in total. The Balaban J connectivity index is 4.47. The van der Waals surface area contributed by atoms with Gasteiger partial charge >= 0.3 is 17.9 Å². The first-order chi connectivity index (χ1) is 31.0. The van der Waals surface area contributed by atoms with Gasteiger partial charge in [0.05, 0.1) is 0 Å². The second-order valence-corrected chi connectivity index (χ2v) is 17.4. The van der Waals surface area contributed by atoms with Crippen molar-refractivity contribution in [3.8, 4) is 0 Å². The Morgan fingerprint density at radius 2 is 0.603 bits per heavy atom. The highest BCUT2D eigenvalue weighted by Gasteiger charge is 2.19.